The molecule has 0 N–H and O–H groups in total. The Hall–Kier alpha value is -0.680. The first-order valence-corrected chi connectivity index (χ1v) is 7.02. The van der Waals surface area contributed by atoms with Gasteiger partial charge in [0.15, 0.2) is 0 Å². The van der Waals surface area contributed by atoms with E-state index in [-0.39, 0.29) is 5.41 Å². The largest absolute Gasteiger partial charge is 0.380 e. The summed E-state index contributed by atoms with van der Waals surface area (Å²) in [4.78, 5) is 11.4. The smallest absolute Gasteiger partial charge is 0.137 e. The lowest BCUT2D eigenvalue weighted by atomic mass is 9.96. The van der Waals surface area contributed by atoms with Gasteiger partial charge in [0.25, 0.3) is 0 Å². The van der Waals surface area contributed by atoms with E-state index >= 15 is 0 Å². The molecule has 1 aromatic heterocycles. The standard InChI is InChI=1S/C13H20BrN3O/c1-13(2,3)12-15-10(14)7-11(16-12)17-6-5-9(8-17)18-4/h7,9H,5-6,8H2,1-4H3. The molecular weight excluding hydrogens is 294 g/mol. The summed E-state index contributed by atoms with van der Waals surface area (Å²) in [6, 6.07) is 1.98. The molecule has 0 amide bonds. The topological polar surface area (TPSA) is 38.2 Å². The third kappa shape index (κ3) is 3.01. The van der Waals surface area contributed by atoms with Gasteiger partial charge >= 0.3 is 0 Å². The lowest BCUT2D eigenvalue weighted by molar-refractivity contribution is 0.121. The average molecular weight is 314 g/mol. The van der Waals surface area contributed by atoms with Gasteiger partial charge in [0, 0.05) is 31.7 Å². The van der Waals surface area contributed by atoms with Gasteiger partial charge in [0.1, 0.15) is 16.2 Å². The highest BCUT2D eigenvalue weighted by Gasteiger charge is 2.25. The summed E-state index contributed by atoms with van der Waals surface area (Å²) in [6.07, 6.45) is 1.38. The summed E-state index contributed by atoms with van der Waals surface area (Å²) < 4.78 is 6.24. The molecule has 1 saturated heterocycles. The summed E-state index contributed by atoms with van der Waals surface area (Å²) in [6.45, 7) is 8.27. The highest BCUT2D eigenvalue weighted by atomic mass is 79.9. The average Bonchev–Trinajstić information content (AvgIpc) is 2.75. The lowest BCUT2D eigenvalue weighted by Gasteiger charge is -2.22. The van der Waals surface area contributed by atoms with Crippen LogP contribution in [-0.4, -0.2) is 36.3 Å². The van der Waals surface area contributed by atoms with E-state index in [0.29, 0.717) is 6.10 Å². The number of hydrogen-bond donors (Lipinski definition) is 0. The van der Waals surface area contributed by atoms with Crippen LogP contribution in [0, 0.1) is 0 Å². The maximum atomic E-state index is 5.39. The molecule has 0 spiro atoms. The van der Waals surface area contributed by atoms with Gasteiger partial charge in [-0.2, -0.15) is 0 Å². The van der Waals surface area contributed by atoms with E-state index in [1.54, 1.807) is 7.11 Å². The summed E-state index contributed by atoms with van der Waals surface area (Å²) in [5.74, 6) is 1.86. The molecule has 1 atom stereocenters. The van der Waals surface area contributed by atoms with E-state index in [1.165, 1.54) is 0 Å². The van der Waals surface area contributed by atoms with Crippen molar-refractivity contribution in [2.45, 2.75) is 38.7 Å². The van der Waals surface area contributed by atoms with Gasteiger partial charge in [-0.1, -0.05) is 20.8 Å². The maximum absolute atomic E-state index is 5.39. The number of rotatable bonds is 2. The molecule has 18 heavy (non-hydrogen) atoms. The van der Waals surface area contributed by atoms with Crippen molar-refractivity contribution in [2.75, 3.05) is 25.1 Å². The van der Waals surface area contributed by atoms with Crippen molar-refractivity contribution in [1.82, 2.24) is 9.97 Å². The first kappa shape index (κ1) is 13.7. The van der Waals surface area contributed by atoms with Crippen LogP contribution in [-0.2, 0) is 10.2 Å². The van der Waals surface area contributed by atoms with Crippen LogP contribution in [0.2, 0.25) is 0 Å². The van der Waals surface area contributed by atoms with E-state index in [9.17, 15) is 0 Å². The molecule has 5 heteroatoms. The molecule has 0 aromatic carbocycles. The van der Waals surface area contributed by atoms with Crippen molar-refractivity contribution in [3.63, 3.8) is 0 Å². The summed E-state index contributed by atoms with van der Waals surface area (Å²) in [5, 5.41) is 0. The van der Waals surface area contributed by atoms with Gasteiger partial charge in [-0.05, 0) is 22.4 Å². The monoisotopic (exact) mass is 313 g/mol. The Morgan fingerprint density at radius 1 is 1.39 bits per heavy atom. The number of methoxy groups -OCH3 is 1. The molecule has 0 radical (unpaired) electrons. The number of ether oxygens (including phenoxy) is 1. The van der Waals surface area contributed by atoms with E-state index in [2.05, 4.69) is 51.6 Å². The SMILES string of the molecule is COC1CCN(c2cc(Br)nc(C(C)(C)C)n2)C1. The Morgan fingerprint density at radius 2 is 2.11 bits per heavy atom. The number of halogens is 1. The van der Waals surface area contributed by atoms with Crippen LogP contribution >= 0.6 is 15.9 Å². The molecule has 1 aliphatic rings. The van der Waals surface area contributed by atoms with Crippen molar-refractivity contribution in [3.8, 4) is 0 Å². The van der Waals surface area contributed by atoms with Gasteiger partial charge in [-0.25, -0.2) is 9.97 Å². The van der Waals surface area contributed by atoms with Gasteiger partial charge in [0.05, 0.1) is 6.10 Å². The Labute approximate surface area is 117 Å². The first-order chi connectivity index (χ1) is 8.40. The van der Waals surface area contributed by atoms with E-state index in [0.717, 1.165) is 35.8 Å². The minimum atomic E-state index is -0.0427. The fourth-order valence-electron chi connectivity index (χ4n) is 2.03. The van der Waals surface area contributed by atoms with Crippen molar-refractivity contribution < 1.29 is 4.74 Å². The first-order valence-electron chi connectivity index (χ1n) is 6.23. The van der Waals surface area contributed by atoms with Crippen LogP contribution in [0.4, 0.5) is 5.82 Å². The molecule has 1 aliphatic heterocycles. The van der Waals surface area contributed by atoms with Crippen LogP contribution in [0.15, 0.2) is 10.7 Å². The predicted octanol–water partition coefficient (Wildman–Crippen LogP) is 2.76. The zero-order valence-electron chi connectivity index (χ0n) is 11.4. The molecule has 4 nitrogen and oxygen atoms in total. The molecule has 2 heterocycles. The number of nitrogens with zero attached hydrogens (tertiary/aromatic N) is 3. The van der Waals surface area contributed by atoms with Crippen LogP contribution in [0.5, 0.6) is 0 Å². The number of anilines is 1. The molecule has 100 valence electrons. The van der Waals surface area contributed by atoms with Gasteiger partial charge in [-0.3, -0.25) is 0 Å². The Bertz CT molecular complexity index is 431. The molecule has 0 aliphatic carbocycles. The highest BCUT2D eigenvalue weighted by molar-refractivity contribution is 9.10. The highest BCUT2D eigenvalue weighted by Crippen LogP contribution is 2.26. The molecular formula is C13H20BrN3O. The zero-order chi connectivity index (χ0) is 13.3. The van der Waals surface area contributed by atoms with E-state index < -0.39 is 0 Å². The Balaban J connectivity index is 2.26. The lowest BCUT2D eigenvalue weighted by Crippen LogP contribution is -2.25. The number of hydrogen-bond acceptors (Lipinski definition) is 4. The normalized spacial score (nSPS) is 20.5. The second kappa shape index (κ2) is 5.13. The van der Waals surface area contributed by atoms with Crippen LogP contribution in [0.1, 0.15) is 33.0 Å². The fourth-order valence-corrected chi connectivity index (χ4v) is 2.40. The van der Waals surface area contributed by atoms with Crippen LogP contribution in [0.25, 0.3) is 0 Å². The quantitative estimate of drug-likeness (QED) is 0.787. The number of aromatic nitrogens is 2. The fraction of sp³-hybridized carbons (Fsp3) is 0.692. The molecule has 0 saturated carbocycles. The second-order valence-corrected chi connectivity index (χ2v) is 6.53. The maximum Gasteiger partial charge on any atom is 0.137 e. The Morgan fingerprint density at radius 3 is 2.67 bits per heavy atom. The van der Waals surface area contributed by atoms with Gasteiger partial charge in [-0.15, -0.1) is 0 Å². The molecule has 0 bridgehead atoms. The van der Waals surface area contributed by atoms with Crippen molar-refractivity contribution in [2.24, 2.45) is 0 Å². The molecule has 1 aromatic rings. The van der Waals surface area contributed by atoms with E-state index in [1.807, 2.05) is 6.07 Å². The molecule has 1 unspecified atom stereocenters. The van der Waals surface area contributed by atoms with Gasteiger partial charge < -0.3 is 9.64 Å². The summed E-state index contributed by atoms with van der Waals surface area (Å²) >= 11 is 3.48. The van der Waals surface area contributed by atoms with Crippen molar-refractivity contribution >= 4 is 21.7 Å². The van der Waals surface area contributed by atoms with Crippen molar-refractivity contribution in [1.29, 1.82) is 0 Å². The summed E-state index contributed by atoms with van der Waals surface area (Å²) in [7, 11) is 1.77. The summed E-state index contributed by atoms with van der Waals surface area (Å²) in [5.41, 5.74) is -0.0427. The zero-order valence-corrected chi connectivity index (χ0v) is 13.0. The van der Waals surface area contributed by atoms with Crippen molar-refractivity contribution in [3.05, 3.63) is 16.5 Å². The second-order valence-electron chi connectivity index (χ2n) is 5.71. The molecule has 2 rings (SSSR count). The van der Waals surface area contributed by atoms with E-state index in [4.69, 9.17) is 4.74 Å². The van der Waals surface area contributed by atoms with Crippen LogP contribution in [0.3, 0.4) is 0 Å². The minimum absolute atomic E-state index is 0.0427. The van der Waals surface area contributed by atoms with Crippen LogP contribution < -0.4 is 4.90 Å². The Kier molecular flexibility index (Phi) is 3.92. The molecule has 1 fully saturated rings. The van der Waals surface area contributed by atoms with Gasteiger partial charge in [0.2, 0.25) is 0 Å². The minimum Gasteiger partial charge on any atom is -0.380 e. The third-order valence-corrected chi connectivity index (χ3v) is 3.56. The third-order valence-electron chi connectivity index (χ3n) is 3.15. The predicted molar refractivity (Wildman–Crippen MR) is 76.1 cm³/mol.